The van der Waals surface area contributed by atoms with E-state index in [1.54, 1.807) is 0 Å². The summed E-state index contributed by atoms with van der Waals surface area (Å²) in [7, 11) is -1.42. The first-order chi connectivity index (χ1) is 16.2. The summed E-state index contributed by atoms with van der Waals surface area (Å²) in [6.07, 6.45) is 46.9. The molecule has 0 N–H and O–H groups in total. The van der Waals surface area contributed by atoms with E-state index in [9.17, 15) is 0 Å². The normalized spacial score (nSPS) is 13.5. The van der Waals surface area contributed by atoms with Gasteiger partial charge in [0.05, 0.1) is 0 Å². The molecule has 0 atom stereocenters. The second kappa shape index (κ2) is 26.0. The first kappa shape index (κ1) is 32.4. The summed E-state index contributed by atoms with van der Waals surface area (Å²) in [5, 5.41) is 0. The van der Waals surface area contributed by atoms with Crippen LogP contribution in [0.1, 0.15) is 130 Å². The van der Waals surface area contributed by atoms with Crippen LogP contribution in [0.4, 0.5) is 0 Å². The van der Waals surface area contributed by atoms with Crippen LogP contribution in [0.25, 0.3) is 0 Å². The number of rotatable bonds is 24. The SMILES string of the molecule is CCCCC/C=C/C[PH](C/C=C/CCCCC)(C/C=C/CCCCC)C/C=C/CCCCC. The van der Waals surface area contributed by atoms with E-state index < -0.39 is 7.26 Å². The Kier molecular flexibility index (Phi) is 25.5. The van der Waals surface area contributed by atoms with Crippen LogP contribution in [0.3, 0.4) is 0 Å². The third-order valence-electron chi connectivity index (χ3n) is 6.77. The Bertz CT molecular complexity index is 403. The Balaban J connectivity index is 5.18. The Morgan fingerprint density at radius 3 is 0.788 bits per heavy atom. The van der Waals surface area contributed by atoms with Crippen molar-refractivity contribution in [2.45, 2.75) is 130 Å². The summed E-state index contributed by atoms with van der Waals surface area (Å²) in [5.74, 6) is 0. The molecule has 0 bridgehead atoms. The fourth-order valence-electron chi connectivity index (χ4n) is 4.35. The molecule has 0 aromatic rings. The molecular formula is C32H61P. The van der Waals surface area contributed by atoms with Gasteiger partial charge in [0, 0.05) is 0 Å². The first-order valence-electron chi connectivity index (χ1n) is 14.8. The van der Waals surface area contributed by atoms with Crippen LogP contribution in [-0.2, 0) is 0 Å². The van der Waals surface area contributed by atoms with E-state index in [1.807, 2.05) is 0 Å². The molecule has 0 heterocycles. The van der Waals surface area contributed by atoms with Crippen molar-refractivity contribution >= 4 is 7.26 Å². The maximum absolute atomic E-state index is 2.57. The van der Waals surface area contributed by atoms with Gasteiger partial charge in [-0.15, -0.1) is 0 Å². The van der Waals surface area contributed by atoms with Crippen LogP contribution in [0.15, 0.2) is 48.6 Å². The van der Waals surface area contributed by atoms with Gasteiger partial charge in [0.15, 0.2) is 0 Å². The van der Waals surface area contributed by atoms with Crippen molar-refractivity contribution in [2.24, 2.45) is 0 Å². The summed E-state index contributed by atoms with van der Waals surface area (Å²) in [6, 6.07) is 0. The quantitative estimate of drug-likeness (QED) is 0.0738. The Labute approximate surface area is 210 Å². The molecule has 0 radical (unpaired) electrons. The molecule has 0 spiro atoms. The van der Waals surface area contributed by atoms with Crippen molar-refractivity contribution < 1.29 is 0 Å². The summed E-state index contributed by atoms with van der Waals surface area (Å²) < 4.78 is 0. The van der Waals surface area contributed by atoms with Gasteiger partial charge in [-0.2, -0.15) is 0 Å². The van der Waals surface area contributed by atoms with Gasteiger partial charge in [-0.1, -0.05) is 0 Å². The average Bonchev–Trinajstić information content (AvgIpc) is 2.83. The molecule has 0 saturated carbocycles. The van der Waals surface area contributed by atoms with E-state index in [1.165, 1.54) is 127 Å². The molecule has 0 nitrogen and oxygen atoms in total. The van der Waals surface area contributed by atoms with Gasteiger partial charge in [-0.05, 0) is 0 Å². The molecule has 0 amide bonds. The van der Waals surface area contributed by atoms with Crippen molar-refractivity contribution in [3.05, 3.63) is 48.6 Å². The van der Waals surface area contributed by atoms with Gasteiger partial charge in [-0.25, -0.2) is 0 Å². The number of allylic oxidation sites excluding steroid dienone is 8. The number of hydrogen-bond donors (Lipinski definition) is 0. The summed E-state index contributed by atoms with van der Waals surface area (Å²) in [4.78, 5) is 0. The van der Waals surface area contributed by atoms with Crippen molar-refractivity contribution in [3.63, 3.8) is 0 Å². The molecule has 0 aliphatic heterocycles. The second-order valence-corrected chi connectivity index (χ2v) is 14.8. The third-order valence-corrected chi connectivity index (χ3v) is 11.2. The van der Waals surface area contributed by atoms with Crippen LogP contribution >= 0.6 is 7.26 Å². The molecule has 0 aliphatic carbocycles. The predicted molar refractivity (Wildman–Crippen MR) is 161 cm³/mol. The van der Waals surface area contributed by atoms with Crippen molar-refractivity contribution in [2.75, 3.05) is 24.6 Å². The second-order valence-electron chi connectivity index (χ2n) is 10.2. The van der Waals surface area contributed by atoms with Gasteiger partial charge in [0.2, 0.25) is 0 Å². The molecule has 0 fully saturated rings. The Morgan fingerprint density at radius 1 is 0.333 bits per heavy atom. The van der Waals surface area contributed by atoms with Gasteiger partial charge in [0.25, 0.3) is 0 Å². The zero-order valence-corrected chi connectivity index (χ0v) is 24.3. The molecule has 194 valence electrons. The molecule has 0 rings (SSSR count). The molecule has 0 aromatic heterocycles. The fraction of sp³-hybridized carbons (Fsp3) is 0.750. The molecule has 33 heavy (non-hydrogen) atoms. The van der Waals surface area contributed by atoms with Crippen molar-refractivity contribution in [1.29, 1.82) is 0 Å². The molecule has 0 aliphatic rings. The summed E-state index contributed by atoms with van der Waals surface area (Å²) in [6.45, 7) is 9.20. The molecule has 0 unspecified atom stereocenters. The van der Waals surface area contributed by atoms with E-state index in [-0.39, 0.29) is 0 Å². The Hall–Kier alpha value is -0.610. The molecule has 0 aromatic carbocycles. The zero-order valence-electron chi connectivity index (χ0n) is 23.3. The minimum atomic E-state index is -1.42. The minimum absolute atomic E-state index is 1.27. The van der Waals surface area contributed by atoms with Crippen molar-refractivity contribution in [1.82, 2.24) is 0 Å². The Morgan fingerprint density at radius 2 is 0.576 bits per heavy atom. The summed E-state index contributed by atoms with van der Waals surface area (Å²) >= 11 is 0. The molecule has 0 saturated heterocycles. The van der Waals surface area contributed by atoms with E-state index in [0.717, 1.165) is 0 Å². The monoisotopic (exact) mass is 476 g/mol. The van der Waals surface area contributed by atoms with Crippen molar-refractivity contribution in [3.8, 4) is 0 Å². The number of unbranched alkanes of at least 4 members (excludes halogenated alkanes) is 12. The summed E-state index contributed by atoms with van der Waals surface area (Å²) in [5.41, 5.74) is 0. The van der Waals surface area contributed by atoms with Gasteiger partial charge < -0.3 is 0 Å². The molecule has 1 heteroatoms. The van der Waals surface area contributed by atoms with Crippen LogP contribution in [-0.4, -0.2) is 24.6 Å². The number of hydrogen-bond acceptors (Lipinski definition) is 0. The fourth-order valence-corrected chi connectivity index (χ4v) is 8.02. The van der Waals surface area contributed by atoms with Crippen LogP contribution in [0.5, 0.6) is 0 Å². The average molecular weight is 477 g/mol. The van der Waals surface area contributed by atoms with Crippen LogP contribution < -0.4 is 0 Å². The first-order valence-corrected chi connectivity index (χ1v) is 17.7. The van der Waals surface area contributed by atoms with Gasteiger partial charge in [-0.3, -0.25) is 0 Å². The third kappa shape index (κ3) is 21.6. The van der Waals surface area contributed by atoms with E-state index in [2.05, 4.69) is 76.3 Å². The van der Waals surface area contributed by atoms with E-state index in [0.29, 0.717) is 0 Å². The standard InChI is InChI=1S/C32H61P/c1-5-9-13-17-21-25-29-33(30-26-22-18-14-10-6-2,31-27-23-19-15-11-7-3)32-28-24-20-16-12-8-4/h21-28,33H,5-20,29-32H2,1-4H3/b25-21+,26-22+,27-23+,28-24+. The predicted octanol–water partition coefficient (Wildman–Crippen LogP) is 11.3. The van der Waals surface area contributed by atoms with Crippen LogP contribution in [0.2, 0.25) is 0 Å². The molecular weight excluding hydrogens is 415 g/mol. The van der Waals surface area contributed by atoms with Gasteiger partial charge >= 0.3 is 211 Å². The zero-order chi connectivity index (χ0) is 24.3. The van der Waals surface area contributed by atoms with E-state index >= 15 is 0 Å². The van der Waals surface area contributed by atoms with Gasteiger partial charge in [0.1, 0.15) is 0 Å². The van der Waals surface area contributed by atoms with Crippen LogP contribution in [0, 0.1) is 0 Å². The topological polar surface area (TPSA) is 0 Å². The maximum atomic E-state index is 2.57. The van der Waals surface area contributed by atoms with E-state index in [4.69, 9.17) is 0 Å².